The fourth-order valence-corrected chi connectivity index (χ4v) is 4.00. The minimum Gasteiger partial charge on any atom is -0.453 e. The van der Waals surface area contributed by atoms with Crippen LogP contribution >= 0.6 is 11.6 Å². The number of benzene rings is 2. The zero-order valence-electron chi connectivity index (χ0n) is 21.2. The second kappa shape index (κ2) is 11.5. The van der Waals surface area contributed by atoms with Crippen LogP contribution in [0.4, 0.5) is 14.5 Å². The molecule has 0 fully saturated rings. The smallest absolute Gasteiger partial charge is 0.335 e. The van der Waals surface area contributed by atoms with Gasteiger partial charge in [-0.25, -0.2) is 23.1 Å². The van der Waals surface area contributed by atoms with Gasteiger partial charge in [-0.2, -0.15) is 0 Å². The van der Waals surface area contributed by atoms with E-state index in [9.17, 15) is 28.0 Å². The molecule has 0 atom stereocenters. The van der Waals surface area contributed by atoms with E-state index in [4.69, 9.17) is 22.1 Å². The molecule has 0 saturated carbocycles. The number of pyridine rings is 1. The molecule has 2 amide bonds. The molecule has 0 radical (unpaired) electrons. The van der Waals surface area contributed by atoms with E-state index in [0.717, 1.165) is 29.0 Å². The van der Waals surface area contributed by atoms with E-state index in [1.807, 2.05) is 13.8 Å². The molecule has 0 spiro atoms. The molecule has 0 bridgehead atoms. The number of nitrogens with one attached hydrogen (secondary N) is 1. The van der Waals surface area contributed by atoms with Crippen molar-refractivity contribution in [1.29, 1.82) is 0 Å². The third-order valence-electron chi connectivity index (χ3n) is 5.54. The van der Waals surface area contributed by atoms with Gasteiger partial charge in [0.1, 0.15) is 27.8 Å². The summed E-state index contributed by atoms with van der Waals surface area (Å²) >= 11 is 6.07. The molecule has 0 aliphatic rings. The van der Waals surface area contributed by atoms with Crippen LogP contribution in [0, 0.1) is 17.6 Å². The predicted molar refractivity (Wildman–Crippen MR) is 143 cm³/mol. The maximum atomic E-state index is 14.9. The second-order valence-electron chi connectivity index (χ2n) is 9.03. The van der Waals surface area contributed by atoms with Gasteiger partial charge in [-0.3, -0.25) is 19.0 Å². The Bertz CT molecular complexity index is 1740. The SMILES string of the molecule is CC(C)Cn1cc(C(=O)Nc2ccc(Oc3ccnc(C(N)=O)c3Cl)c(F)c2)c(=O)n(-c2ccc(F)cc2)c1=O. The van der Waals surface area contributed by atoms with Gasteiger partial charge in [0.25, 0.3) is 17.4 Å². The van der Waals surface area contributed by atoms with Gasteiger partial charge in [0, 0.05) is 36.8 Å². The monoisotopic (exact) mass is 569 g/mol. The van der Waals surface area contributed by atoms with Crippen LogP contribution in [0.5, 0.6) is 11.5 Å². The standard InChI is InChI=1S/C27H22ClF2N5O5/c1-14(2)12-34-13-18(26(38)35(27(34)39)17-6-3-15(29)4-7-17)25(37)33-16-5-8-20(19(30)11-16)40-21-9-10-32-23(22(21)28)24(31)36/h3-11,13-14H,12H2,1-2H3,(H2,31,36)(H,33,37). The minimum atomic E-state index is -0.938. The first-order valence-electron chi connectivity index (χ1n) is 11.8. The lowest BCUT2D eigenvalue weighted by Crippen LogP contribution is -2.42. The van der Waals surface area contributed by atoms with Gasteiger partial charge in [0.05, 0.1) is 5.69 Å². The first-order chi connectivity index (χ1) is 19.0. The normalized spacial score (nSPS) is 10.9. The maximum Gasteiger partial charge on any atom is 0.335 e. The Hall–Kier alpha value is -4.84. The quantitative estimate of drug-likeness (QED) is 0.327. The van der Waals surface area contributed by atoms with Crippen LogP contribution in [-0.4, -0.2) is 25.9 Å². The highest BCUT2D eigenvalue weighted by Crippen LogP contribution is 2.33. The van der Waals surface area contributed by atoms with Crippen molar-refractivity contribution in [2.45, 2.75) is 20.4 Å². The van der Waals surface area contributed by atoms with E-state index >= 15 is 0 Å². The lowest BCUT2D eigenvalue weighted by Gasteiger charge is -2.15. The van der Waals surface area contributed by atoms with Crippen molar-refractivity contribution in [1.82, 2.24) is 14.1 Å². The molecular weight excluding hydrogens is 548 g/mol. The summed E-state index contributed by atoms with van der Waals surface area (Å²) in [6.07, 6.45) is 2.35. The van der Waals surface area contributed by atoms with Gasteiger partial charge in [-0.1, -0.05) is 25.4 Å². The maximum absolute atomic E-state index is 14.9. The number of hydrogen-bond acceptors (Lipinski definition) is 6. The summed E-state index contributed by atoms with van der Waals surface area (Å²) < 4.78 is 35.8. The zero-order chi connectivity index (χ0) is 29.1. The van der Waals surface area contributed by atoms with Crippen molar-refractivity contribution in [3.63, 3.8) is 0 Å². The van der Waals surface area contributed by atoms with Gasteiger partial charge >= 0.3 is 5.69 Å². The van der Waals surface area contributed by atoms with Crippen molar-refractivity contribution in [3.8, 4) is 17.2 Å². The van der Waals surface area contributed by atoms with Crippen LogP contribution in [0.1, 0.15) is 34.7 Å². The molecule has 4 aromatic rings. The van der Waals surface area contributed by atoms with E-state index in [1.54, 1.807) is 0 Å². The number of halogens is 3. The number of nitrogens with zero attached hydrogens (tertiary/aromatic N) is 3. The lowest BCUT2D eigenvalue weighted by molar-refractivity contribution is 0.0993. The number of carbonyl (C=O) groups is 2. The Labute approximate surface area is 230 Å². The van der Waals surface area contributed by atoms with Gasteiger partial charge < -0.3 is 15.8 Å². The highest BCUT2D eigenvalue weighted by Gasteiger charge is 2.20. The molecule has 3 N–H and O–H groups in total. The Morgan fingerprint density at radius 1 is 1.07 bits per heavy atom. The molecule has 0 saturated heterocycles. The molecule has 0 aliphatic carbocycles. The van der Waals surface area contributed by atoms with E-state index in [2.05, 4.69) is 10.3 Å². The zero-order valence-corrected chi connectivity index (χ0v) is 21.9. The number of rotatable bonds is 8. The fraction of sp³-hybridized carbons (Fsp3) is 0.148. The lowest BCUT2D eigenvalue weighted by atomic mass is 10.2. The third kappa shape index (κ3) is 5.91. The fourth-order valence-electron chi connectivity index (χ4n) is 3.75. The van der Waals surface area contributed by atoms with Gasteiger partial charge in [-0.05, 0) is 42.3 Å². The number of aromatic nitrogens is 3. The van der Waals surface area contributed by atoms with Crippen LogP contribution < -0.4 is 27.0 Å². The largest absolute Gasteiger partial charge is 0.453 e. The second-order valence-corrected chi connectivity index (χ2v) is 9.40. The van der Waals surface area contributed by atoms with E-state index in [-0.39, 0.29) is 46.1 Å². The molecule has 0 aliphatic heterocycles. The number of primary amides is 1. The molecule has 206 valence electrons. The van der Waals surface area contributed by atoms with Crippen LogP contribution in [0.2, 0.25) is 5.02 Å². The third-order valence-corrected chi connectivity index (χ3v) is 5.91. The number of hydrogen-bond donors (Lipinski definition) is 2. The number of carbonyl (C=O) groups excluding carboxylic acids is 2. The molecule has 2 aromatic carbocycles. The summed E-state index contributed by atoms with van der Waals surface area (Å²) in [5, 5.41) is 2.23. The summed E-state index contributed by atoms with van der Waals surface area (Å²) in [5.41, 5.74) is 2.96. The number of amides is 2. The number of ether oxygens (including phenoxy) is 1. The molecule has 4 rings (SSSR count). The minimum absolute atomic E-state index is 0.0117. The summed E-state index contributed by atoms with van der Waals surface area (Å²) in [6.45, 7) is 3.88. The van der Waals surface area contributed by atoms with Crippen molar-refractivity contribution < 1.29 is 23.1 Å². The van der Waals surface area contributed by atoms with E-state index in [0.29, 0.717) is 0 Å². The Balaban J connectivity index is 1.66. The highest BCUT2D eigenvalue weighted by molar-refractivity contribution is 6.34. The molecule has 40 heavy (non-hydrogen) atoms. The number of anilines is 1. The predicted octanol–water partition coefficient (Wildman–Crippen LogP) is 4.13. The Morgan fingerprint density at radius 3 is 2.40 bits per heavy atom. The Morgan fingerprint density at radius 2 is 1.77 bits per heavy atom. The average molecular weight is 570 g/mol. The van der Waals surface area contributed by atoms with Crippen LogP contribution in [0.15, 0.2) is 70.5 Å². The molecular formula is C27H22ClF2N5O5. The van der Waals surface area contributed by atoms with Gasteiger partial charge in [-0.15, -0.1) is 0 Å². The van der Waals surface area contributed by atoms with Crippen LogP contribution in [-0.2, 0) is 6.54 Å². The van der Waals surface area contributed by atoms with E-state index in [1.165, 1.54) is 41.1 Å². The van der Waals surface area contributed by atoms with Crippen molar-refractivity contribution >= 4 is 29.1 Å². The summed E-state index contributed by atoms with van der Waals surface area (Å²) in [4.78, 5) is 54.6. The molecule has 2 heterocycles. The number of nitrogens with two attached hydrogens (primary N) is 1. The molecule has 13 heteroatoms. The molecule has 2 aromatic heterocycles. The average Bonchev–Trinajstić information content (AvgIpc) is 2.89. The molecule has 0 unspecified atom stereocenters. The van der Waals surface area contributed by atoms with E-state index < -0.39 is 40.3 Å². The summed E-state index contributed by atoms with van der Waals surface area (Å²) in [7, 11) is 0. The molecule has 10 nitrogen and oxygen atoms in total. The van der Waals surface area contributed by atoms with Crippen LogP contribution in [0.25, 0.3) is 5.69 Å². The highest BCUT2D eigenvalue weighted by atomic mass is 35.5. The first-order valence-corrected chi connectivity index (χ1v) is 12.2. The topological polar surface area (TPSA) is 138 Å². The van der Waals surface area contributed by atoms with Crippen molar-refractivity contribution in [2.24, 2.45) is 11.7 Å². The van der Waals surface area contributed by atoms with Gasteiger partial charge in [0.15, 0.2) is 11.6 Å². The van der Waals surface area contributed by atoms with Crippen molar-refractivity contribution in [2.75, 3.05) is 5.32 Å². The Kier molecular flexibility index (Phi) is 8.10. The summed E-state index contributed by atoms with van der Waals surface area (Å²) in [6, 6.07) is 9.42. The first kappa shape index (κ1) is 28.2. The summed E-state index contributed by atoms with van der Waals surface area (Å²) in [5.74, 6) is -3.65. The van der Waals surface area contributed by atoms with Crippen LogP contribution in [0.3, 0.4) is 0 Å². The van der Waals surface area contributed by atoms with Gasteiger partial charge in [0.2, 0.25) is 0 Å². The van der Waals surface area contributed by atoms with Crippen molar-refractivity contribution in [3.05, 3.63) is 110 Å².